The van der Waals surface area contributed by atoms with E-state index in [2.05, 4.69) is 19.1 Å². The molecule has 3 rings (SSSR count). The predicted molar refractivity (Wildman–Crippen MR) is 71.0 cm³/mol. The lowest BCUT2D eigenvalue weighted by Crippen LogP contribution is -2.38. The third-order valence-electron chi connectivity index (χ3n) is 5.31. The molecular formula is C16H24O2. The Morgan fingerprint density at radius 3 is 2.94 bits per heavy atom. The second-order valence-corrected chi connectivity index (χ2v) is 6.69. The molecule has 0 saturated heterocycles. The molecule has 18 heavy (non-hydrogen) atoms. The molecule has 0 spiro atoms. The maximum atomic E-state index is 11.6. The Kier molecular flexibility index (Phi) is 2.99. The minimum atomic E-state index is -0.189. The maximum Gasteiger partial charge on any atom is 0.306 e. The zero-order valence-corrected chi connectivity index (χ0v) is 11.5. The fourth-order valence-corrected chi connectivity index (χ4v) is 4.73. The minimum Gasteiger partial charge on any atom is -0.459 e. The van der Waals surface area contributed by atoms with Crippen molar-refractivity contribution in [2.24, 2.45) is 23.7 Å². The van der Waals surface area contributed by atoms with Crippen molar-refractivity contribution in [3.05, 3.63) is 12.2 Å². The van der Waals surface area contributed by atoms with Gasteiger partial charge < -0.3 is 4.74 Å². The van der Waals surface area contributed by atoms with E-state index in [4.69, 9.17) is 4.74 Å². The van der Waals surface area contributed by atoms with Gasteiger partial charge in [0.2, 0.25) is 0 Å². The number of fused-ring (bicyclic) bond motifs is 5. The summed E-state index contributed by atoms with van der Waals surface area (Å²) in [5.41, 5.74) is -0.189. The Balaban J connectivity index is 1.76. The Bertz CT molecular complexity index is 373. The molecule has 3 aliphatic carbocycles. The van der Waals surface area contributed by atoms with Crippen LogP contribution in [0.15, 0.2) is 12.2 Å². The van der Waals surface area contributed by atoms with Crippen LogP contribution in [0.4, 0.5) is 0 Å². The molecule has 0 amide bonds. The van der Waals surface area contributed by atoms with Gasteiger partial charge in [0.25, 0.3) is 0 Å². The van der Waals surface area contributed by atoms with E-state index in [1.807, 2.05) is 6.92 Å². The molecule has 2 fully saturated rings. The SMILES string of the molecule is CCC(=O)OC1(C)CC2CC(C1)C1CCC=CC21. The van der Waals surface area contributed by atoms with Gasteiger partial charge in [0.1, 0.15) is 5.60 Å². The van der Waals surface area contributed by atoms with Crippen molar-refractivity contribution in [2.75, 3.05) is 0 Å². The first-order valence-corrected chi connectivity index (χ1v) is 7.50. The molecule has 100 valence electrons. The number of rotatable bonds is 2. The van der Waals surface area contributed by atoms with Gasteiger partial charge in [0.15, 0.2) is 0 Å². The predicted octanol–water partition coefficient (Wildman–Crippen LogP) is 3.71. The van der Waals surface area contributed by atoms with E-state index in [1.165, 1.54) is 19.3 Å². The van der Waals surface area contributed by atoms with Crippen molar-refractivity contribution < 1.29 is 9.53 Å². The van der Waals surface area contributed by atoms with Gasteiger partial charge in [-0.15, -0.1) is 0 Å². The zero-order chi connectivity index (χ0) is 12.8. The van der Waals surface area contributed by atoms with Gasteiger partial charge in [-0.05, 0) is 62.7 Å². The molecule has 2 nitrogen and oxygen atoms in total. The summed E-state index contributed by atoms with van der Waals surface area (Å²) in [6.45, 7) is 4.03. The first kappa shape index (κ1) is 12.3. The average Bonchev–Trinajstić information content (AvgIpc) is 2.62. The van der Waals surface area contributed by atoms with Crippen LogP contribution < -0.4 is 0 Å². The van der Waals surface area contributed by atoms with Crippen LogP contribution in [0.3, 0.4) is 0 Å². The molecule has 2 bridgehead atoms. The lowest BCUT2D eigenvalue weighted by Gasteiger charge is -2.37. The molecule has 0 aliphatic heterocycles. The highest BCUT2D eigenvalue weighted by molar-refractivity contribution is 5.69. The molecule has 0 aromatic carbocycles. The Hall–Kier alpha value is -0.790. The second kappa shape index (κ2) is 4.40. The zero-order valence-electron chi connectivity index (χ0n) is 11.5. The highest BCUT2D eigenvalue weighted by atomic mass is 16.6. The lowest BCUT2D eigenvalue weighted by atomic mass is 9.77. The van der Waals surface area contributed by atoms with Gasteiger partial charge in [0.05, 0.1) is 0 Å². The van der Waals surface area contributed by atoms with Crippen LogP contribution in [-0.4, -0.2) is 11.6 Å². The topological polar surface area (TPSA) is 26.3 Å². The van der Waals surface area contributed by atoms with Crippen molar-refractivity contribution in [3.63, 3.8) is 0 Å². The molecule has 0 N–H and O–H groups in total. The van der Waals surface area contributed by atoms with Crippen LogP contribution in [0.25, 0.3) is 0 Å². The fourth-order valence-electron chi connectivity index (χ4n) is 4.73. The molecule has 0 heterocycles. The summed E-state index contributed by atoms with van der Waals surface area (Å²) in [6, 6.07) is 0. The third kappa shape index (κ3) is 2.00. The van der Waals surface area contributed by atoms with Crippen LogP contribution in [0.1, 0.15) is 52.4 Å². The molecule has 2 saturated carbocycles. The van der Waals surface area contributed by atoms with E-state index in [0.29, 0.717) is 6.42 Å². The minimum absolute atomic E-state index is 0.0303. The van der Waals surface area contributed by atoms with E-state index in [9.17, 15) is 4.79 Å². The fraction of sp³-hybridized carbons (Fsp3) is 0.812. The quantitative estimate of drug-likeness (QED) is 0.550. The monoisotopic (exact) mass is 248 g/mol. The number of carbonyl (C=O) groups is 1. The number of allylic oxidation sites excluding steroid dienone is 2. The van der Waals surface area contributed by atoms with E-state index in [0.717, 1.165) is 36.5 Å². The maximum absolute atomic E-state index is 11.6. The van der Waals surface area contributed by atoms with E-state index < -0.39 is 0 Å². The smallest absolute Gasteiger partial charge is 0.306 e. The van der Waals surface area contributed by atoms with Gasteiger partial charge in [-0.1, -0.05) is 19.1 Å². The number of esters is 1. The normalized spacial score (nSPS) is 45.7. The summed E-state index contributed by atoms with van der Waals surface area (Å²) in [4.78, 5) is 11.6. The van der Waals surface area contributed by atoms with Crippen molar-refractivity contribution in [1.82, 2.24) is 0 Å². The highest BCUT2D eigenvalue weighted by Gasteiger charge is 2.52. The Labute approximate surface area is 110 Å². The van der Waals surface area contributed by atoms with Crippen LogP contribution in [0, 0.1) is 23.7 Å². The molecule has 5 unspecified atom stereocenters. The van der Waals surface area contributed by atoms with Crippen LogP contribution in [-0.2, 0) is 9.53 Å². The second-order valence-electron chi connectivity index (χ2n) is 6.69. The van der Waals surface area contributed by atoms with Crippen molar-refractivity contribution in [2.45, 2.75) is 58.0 Å². The third-order valence-corrected chi connectivity index (χ3v) is 5.31. The molecule has 0 radical (unpaired) electrons. The number of hydrogen-bond acceptors (Lipinski definition) is 2. The number of ether oxygens (including phenoxy) is 1. The summed E-state index contributed by atoms with van der Waals surface area (Å²) >= 11 is 0. The van der Waals surface area contributed by atoms with Gasteiger partial charge in [0, 0.05) is 6.42 Å². The molecule has 2 heteroatoms. The van der Waals surface area contributed by atoms with E-state index in [1.54, 1.807) is 0 Å². The summed E-state index contributed by atoms with van der Waals surface area (Å²) in [5, 5.41) is 0. The summed E-state index contributed by atoms with van der Waals surface area (Å²) in [5.74, 6) is 3.14. The van der Waals surface area contributed by atoms with Crippen molar-refractivity contribution in [1.29, 1.82) is 0 Å². The van der Waals surface area contributed by atoms with Crippen LogP contribution in [0.5, 0.6) is 0 Å². The molecule has 0 aromatic rings. The Morgan fingerprint density at radius 2 is 2.17 bits per heavy atom. The summed E-state index contributed by atoms with van der Waals surface area (Å²) in [6.07, 6.45) is 11.4. The largest absolute Gasteiger partial charge is 0.459 e. The summed E-state index contributed by atoms with van der Waals surface area (Å²) < 4.78 is 5.75. The van der Waals surface area contributed by atoms with Crippen LogP contribution >= 0.6 is 0 Å². The standard InChI is InChI=1S/C16H24O2/c1-3-15(17)18-16(2)9-11-8-12(10-16)14-7-5-4-6-13(11)14/h4,6,11-14H,3,5,7-10H2,1-2H3. The van der Waals surface area contributed by atoms with Crippen LogP contribution in [0.2, 0.25) is 0 Å². The van der Waals surface area contributed by atoms with Gasteiger partial charge in [-0.3, -0.25) is 4.79 Å². The van der Waals surface area contributed by atoms with Crippen molar-refractivity contribution in [3.8, 4) is 0 Å². The molecular weight excluding hydrogens is 224 g/mol. The highest BCUT2D eigenvalue weighted by Crippen LogP contribution is 2.56. The van der Waals surface area contributed by atoms with Crippen molar-refractivity contribution >= 4 is 5.97 Å². The molecule has 5 atom stereocenters. The first-order chi connectivity index (χ1) is 8.61. The Morgan fingerprint density at radius 1 is 1.39 bits per heavy atom. The van der Waals surface area contributed by atoms with Gasteiger partial charge >= 0.3 is 5.97 Å². The molecule has 0 aromatic heterocycles. The van der Waals surface area contributed by atoms with E-state index >= 15 is 0 Å². The first-order valence-electron chi connectivity index (χ1n) is 7.50. The number of hydrogen-bond donors (Lipinski definition) is 0. The molecule has 3 aliphatic rings. The number of carbonyl (C=O) groups excluding carboxylic acids is 1. The average molecular weight is 248 g/mol. The van der Waals surface area contributed by atoms with E-state index in [-0.39, 0.29) is 11.6 Å². The van der Waals surface area contributed by atoms with Gasteiger partial charge in [-0.25, -0.2) is 0 Å². The van der Waals surface area contributed by atoms with Gasteiger partial charge in [-0.2, -0.15) is 0 Å². The lowest BCUT2D eigenvalue weighted by molar-refractivity contribution is -0.163. The summed E-state index contributed by atoms with van der Waals surface area (Å²) in [7, 11) is 0.